The molecule has 0 bridgehead atoms. The van der Waals surface area contributed by atoms with Crippen molar-refractivity contribution in [1.29, 1.82) is 0 Å². The van der Waals surface area contributed by atoms with Crippen LogP contribution in [0, 0.1) is 5.41 Å². The summed E-state index contributed by atoms with van der Waals surface area (Å²) in [7, 11) is 0. The van der Waals surface area contributed by atoms with Gasteiger partial charge >= 0.3 is 23.9 Å². The van der Waals surface area contributed by atoms with Gasteiger partial charge in [0.2, 0.25) is 0 Å². The van der Waals surface area contributed by atoms with Crippen molar-refractivity contribution in [1.82, 2.24) is 0 Å². The smallest absolute Gasteiger partial charge is 0.336 e. The second-order valence-corrected chi connectivity index (χ2v) is 7.34. The Kier molecular flexibility index (Phi) is 12.9. The second-order valence-electron chi connectivity index (χ2n) is 7.34. The molecule has 0 aliphatic rings. The molecule has 13 heteroatoms. The highest BCUT2D eigenvalue weighted by molar-refractivity contribution is 5.75. The van der Waals surface area contributed by atoms with Gasteiger partial charge in [-0.2, -0.15) is 0 Å². The predicted octanol–water partition coefficient (Wildman–Crippen LogP) is -1.97. The summed E-state index contributed by atoms with van der Waals surface area (Å²) in [4.78, 5) is 46.7. The maximum Gasteiger partial charge on any atom is 0.336 e. The number of ether oxygens (including phenoxy) is 5. The third kappa shape index (κ3) is 11.3. The first-order valence-corrected chi connectivity index (χ1v) is 9.75. The van der Waals surface area contributed by atoms with Gasteiger partial charge in [0.1, 0.15) is 44.2 Å². The van der Waals surface area contributed by atoms with Crippen molar-refractivity contribution in [3.63, 3.8) is 0 Å². The van der Waals surface area contributed by atoms with E-state index < -0.39 is 86.4 Å². The molecule has 5 unspecified atom stereocenters. The summed E-state index contributed by atoms with van der Waals surface area (Å²) in [5, 5.41) is 37.3. The molecule has 5 atom stereocenters. The standard InChI is InChI=1S/C19H32O13/c1-10(20)15(24)29-7-19(8-30-16(25)11(2)21,9-31-17(26)12(3)22)6-28-14(5)32-18(27)13(4)23/h10-14,20-23H,6-9H2,1-5H3. The van der Waals surface area contributed by atoms with Crippen molar-refractivity contribution in [3.8, 4) is 0 Å². The van der Waals surface area contributed by atoms with Crippen LogP contribution in [0.5, 0.6) is 0 Å². The van der Waals surface area contributed by atoms with E-state index in [0.717, 1.165) is 20.8 Å². The van der Waals surface area contributed by atoms with E-state index in [-0.39, 0.29) is 0 Å². The lowest BCUT2D eigenvalue weighted by Gasteiger charge is -2.33. The third-order valence-electron chi connectivity index (χ3n) is 3.83. The minimum absolute atomic E-state index is 0.478. The molecular formula is C19H32O13. The van der Waals surface area contributed by atoms with Crippen LogP contribution in [0.2, 0.25) is 0 Å². The monoisotopic (exact) mass is 468 g/mol. The first-order chi connectivity index (χ1) is 14.7. The zero-order valence-electron chi connectivity index (χ0n) is 18.7. The first-order valence-electron chi connectivity index (χ1n) is 9.75. The topological polar surface area (TPSA) is 195 Å². The molecule has 0 spiro atoms. The highest BCUT2D eigenvalue weighted by Crippen LogP contribution is 2.23. The molecule has 32 heavy (non-hydrogen) atoms. The molecule has 0 aliphatic heterocycles. The molecule has 4 N–H and O–H groups in total. The summed E-state index contributed by atoms with van der Waals surface area (Å²) in [5.74, 6) is -4.09. The quantitative estimate of drug-likeness (QED) is 0.125. The van der Waals surface area contributed by atoms with Gasteiger partial charge in [0.25, 0.3) is 0 Å². The largest absolute Gasteiger partial charge is 0.463 e. The van der Waals surface area contributed by atoms with Gasteiger partial charge in [0.05, 0.1) is 12.0 Å². The molecule has 0 fully saturated rings. The van der Waals surface area contributed by atoms with Crippen LogP contribution >= 0.6 is 0 Å². The fraction of sp³-hybridized carbons (Fsp3) is 0.789. The average Bonchev–Trinajstić information content (AvgIpc) is 2.71. The number of aliphatic hydroxyl groups excluding tert-OH is 4. The van der Waals surface area contributed by atoms with E-state index in [1.807, 2.05) is 0 Å². The summed E-state index contributed by atoms with van der Waals surface area (Å²) in [6, 6.07) is 0. The molecule has 0 rings (SSSR count). The molecule has 13 nitrogen and oxygen atoms in total. The van der Waals surface area contributed by atoms with E-state index in [0.29, 0.717) is 0 Å². The van der Waals surface area contributed by atoms with Crippen LogP contribution < -0.4 is 0 Å². The van der Waals surface area contributed by atoms with Crippen LogP contribution in [-0.2, 0) is 42.9 Å². The second kappa shape index (κ2) is 14.0. The average molecular weight is 468 g/mol. The summed E-state index contributed by atoms with van der Waals surface area (Å²) >= 11 is 0. The fourth-order valence-corrected chi connectivity index (χ4v) is 1.87. The van der Waals surface area contributed by atoms with Crippen molar-refractivity contribution in [2.24, 2.45) is 5.41 Å². The lowest BCUT2D eigenvalue weighted by atomic mass is 9.92. The predicted molar refractivity (Wildman–Crippen MR) is 104 cm³/mol. The number of aliphatic hydroxyl groups is 4. The molecule has 0 aromatic rings. The molecule has 0 saturated heterocycles. The highest BCUT2D eigenvalue weighted by Gasteiger charge is 2.38. The lowest BCUT2D eigenvalue weighted by Crippen LogP contribution is -2.46. The van der Waals surface area contributed by atoms with Crippen molar-refractivity contribution < 1.29 is 63.3 Å². The van der Waals surface area contributed by atoms with E-state index >= 15 is 0 Å². The Labute approximate surface area is 185 Å². The molecule has 186 valence electrons. The van der Waals surface area contributed by atoms with E-state index in [1.54, 1.807) is 0 Å². The lowest BCUT2D eigenvalue weighted by molar-refractivity contribution is -0.201. The van der Waals surface area contributed by atoms with Gasteiger partial charge in [-0.25, -0.2) is 19.2 Å². The van der Waals surface area contributed by atoms with E-state index in [2.05, 4.69) is 0 Å². The SMILES string of the molecule is CC(OCC(COC(=O)C(C)O)(COC(=O)C(C)O)COC(=O)C(C)O)OC(=O)C(C)O. The van der Waals surface area contributed by atoms with E-state index in [4.69, 9.17) is 23.7 Å². The minimum Gasteiger partial charge on any atom is -0.463 e. The van der Waals surface area contributed by atoms with Gasteiger partial charge in [0, 0.05) is 0 Å². The van der Waals surface area contributed by atoms with Crippen molar-refractivity contribution in [2.45, 2.75) is 65.3 Å². The molecule has 0 radical (unpaired) electrons. The zero-order chi connectivity index (χ0) is 25.1. The Morgan fingerprint density at radius 3 is 1.19 bits per heavy atom. The number of carbonyl (C=O) groups is 4. The third-order valence-corrected chi connectivity index (χ3v) is 3.83. The highest BCUT2D eigenvalue weighted by atomic mass is 16.7. The summed E-state index contributed by atoms with van der Waals surface area (Å²) < 4.78 is 25.2. The van der Waals surface area contributed by atoms with Crippen LogP contribution in [0.1, 0.15) is 34.6 Å². The Morgan fingerprint density at radius 2 is 0.906 bits per heavy atom. The van der Waals surface area contributed by atoms with Gasteiger partial charge in [0.15, 0.2) is 6.29 Å². The molecule has 0 saturated carbocycles. The maximum absolute atomic E-state index is 11.7. The van der Waals surface area contributed by atoms with Crippen LogP contribution in [0.15, 0.2) is 0 Å². The Balaban J connectivity index is 5.63. The van der Waals surface area contributed by atoms with Gasteiger partial charge in [-0.05, 0) is 34.6 Å². The number of carbonyl (C=O) groups excluding carboxylic acids is 4. The van der Waals surface area contributed by atoms with Crippen LogP contribution in [0.3, 0.4) is 0 Å². The summed E-state index contributed by atoms with van der Waals surface area (Å²) in [6.45, 7) is 3.71. The normalized spacial score (nSPS) is 17.7. The first kappa shape index (κ1) is 29.7. The zero-order valence-corrected chi connectivity index (χ0v) is 18.7. The number of hydrogen-bond acceptors (Lipinski definition) is 13. The summed E-state index contributed by atoms with van der Waals surface area (Å²) in [5.41, 5.74) is -1.58. The molecule has 0 heterocycles. The van der Waals surface area contributed by atoms with Crippen molar-refractivity contribution >= 4 is 23.9 Å². The Morgan fingerprint density at radius 1 is 0.594 bits per heavy atom. The molecule has 0 aliphatic carbocycles. The number of esters is 4. The summed E-state index contributed by atoms with van der Waals surface area (Å²) in [6.07, 6.45) is -7.10. The Bertz CT molecular complexity index is 567. The van der Waals surface area contributed by atoms with Crippen LogP contribution in [0.25, 0.3) is 0 Å². The van der Waals surface area contributed by atoms with E-state index in [1.165, 1.54) is 13.8 Å². The van der Waals surface area contributed by atoms with Crippen molar-refractivity contribution in [2.75, 3.05) is 26.4 Å². The van der Waals surface area contributed by atoms with Gasteiger partial charge in [-0.3, -0.25) is 0 Å². The van der Waals surface area contributed by atoms with Crippen LogP contribution in [0.4, 0.5) is 0 Å². The molecule has 0 amide bonds. The molecular weight excluding hydrogens is 436 g/mol. The molecule has 0 aromatic heterocycles. The van der Waals surface area contributed by atoms with Gasteiger partial charge < -0.3 is 44.1 Å². The van der Waals surface area contributed by atoms with E-state index in [9.17, 15) is 39.6 Å². The van der Waals surface area contributed by atoms with Crippen LogP contribution in [-0.4, -0.2) is 101 Å². The van der Waals surface area contributed by atoms with Gasteiger partial charge in [-0.15, -0.1) is 0 Å². The number of rotatable bonds is 14. The van der Waals surface area contributed by atoms with Gasteiger partial charge in [-0.1, -0.05) is 0 Å². The minimum atomic E-state index is -1.58. The van der Waals surface area contributed by atoms with Crippen molar-refractivity contribution in [3.05, 3.63) is 0 Å². The Hall–Kier alpha value is -2.32. The fourth-order valence-electron chi connectivity index (χ4n) is 1.87. The molecule has 0 aromatic carbocycles. The number of hydrogen-bond donors (Lipinski definition) is 4. The maximum atomic E-state index is 11.7.